The van der Waals surface area contributed by atoms with Crippen molar-refractivity contribution in [3.8, 4) is 6.07 Å². The summed E-state index contributed by atoms with van der Waals surface area (Å²) in [5.74, 6) is 0.468. The number of halogens is 1. The second kappa shape index (κ2) is 4.86. The molecule has 0 radical (unpaired) electrons. The van der Waals surface area contributed by atoms with E-state index in [1.165, 1.54) is 0 Å². The summed E-state index contributed by atoms with van der Waals surface area (Å²) >= 11 is 3.35. The SMILES string of the molecule is N#Cc1cc(Br)cc(NCC(O)C2CC2)c1. The number of aliphatic hydroxyl groups excluding tert-OH is 1. The molecule has 1 atom stereocenters. The zero-order chi connectivity index (χ0) is 11.5. The smallest absolute Gasteiger partial charge is 0.0992 e. The van der Waals surface area contributed by atoms with Gasteiger partial charge in [0.1, 0.15) is 0 Å². The molecule has 1 aromatic rings. The summed E-state index contributed by atoms with van der Waals surface area (Å²) in [6.07, 6.45) is 1.99. The van der Waals surface area contributed by atoms with Crippen molar-refractivity contribution in [2.75, 3.05) is 11.9 Å². The lowest BCUT2D eigenvalue weighted by Crippen LogP contribution is -2.21. The minimum atomic E-state index is -0.274. The number of nitriles is 1. The lowest BCUT2D eigenvalue weighted by molar-refractivity contribution is 0.164. The number of anilines is 1. The fourth-order valence-corrected chi connectivity index (χ4v) is 2.12. The summed E-state index contributed by atoms with van der Waals surface area (Å²) in [6.45, 7) is 0.548. The molecule has 2 N–H and O–H groups in total. The van der Waals surface area contributed by atoms with Gasteiger partial charge >= 0.3 is 0 Å². The molecule has 0 saturated heterocycles. The molecule has 2 rings (SSSR count). The van der Waals surface area contributed by atoms with Gasteiger partial charge in [-0.2, -0.15) is 5.26 Å². The minimum absolute atomic E-state index is 0.274. The van der Waals surface area contributed by atoms with E-state index in [1.54, 1.807) is 12.1 Å². The van der Waals surface area contributed by atoms with Crippen LogP contribution in [0.3, 0.4) is 0 Å². The van der Waals surface area contributed by atoms with Gasteiger partial charge in [-0.3, -0.25) is 0 Å². The molecule has 1 saturated carbocycles. The van der Waals surface area contributed by atoms with E-state index in [4.69, 9.17) is 5.26 Å². The third kappa shape index (κ3) is 2.97. The van der Waals surface area contributed by atoms with Crippen molar-refractivity contribution in [1.29, 1.82) is 5.26 Å². The third-order valence-electron chi connectivity index (χ3n) is 2.71. The molecule has 0 heterocycles. The van der Waals surface area contributed by atoms with Crippen molar-refractivity contribution in [1.82, 2.24) is 0 Å². The summed E-state index contributed by atoms with van der Waals surface area (Å²) in [5.41, 5.74) is 1.48. The Labute approximate surface area is 103 Å². The van der Waals surface area contributed by atoms with Gasteiger partial charge in [0.15, 0.2) is 0 Å². The molecule has 1 fully saturated rings. The number of hydrogen-bond acceptors (Lipinski definition) is 3. The van der Waals surface area contributed by atoms with Crippen molar-refractivity contribution in [3.05, 3.63) is 28.2 Å². The molecular formula is C12H13BrN2O. The summed E-state index contributed by atoms with van der Waals surface area (Å²) in [4.78, 5) is 0. The fraction of sp³-hybridized carbons (Fsp3) is 0.417. The monoisotopic (exact) mass is 280 g/mol. The molecule has 0 bridgehead atoms. The zero-order valence-corrected chi connectivity index (χ0v) is 10.4. The van der Waals surface area contributed by atoms with E-state index in [2.05, 4.69) is 27.3 Å². The van der Waals surface area contributed by atoms with Crippen LogP contribution in [0.15, 0.2) is 22.7 Å². The van der Waals surface area contributed by atoms with E-state index in [0.29, 0.717) is 18.0 Å². The first-order valence-corrected chi connectivity index (χ1v) is 6.11. The molecule has 1 aliphatic rings. The molecule has 0 aromatic heterocycles. The summed E-state index contributed by atoms with van der Waals surface area (Å²) < 4.78 is 0.870. The molecule has 84 valence electrons. The molecule has 0 amide bonds. The number of hydrogen-bond donors (Lipinski definition) is 2. The van der Waals surface area contributed by atoms with Gasteiger partial charge in [-0.15, -0.1) is 0 Å². The maximum Gasteiger partial charge on any atom is 0.0992 e. The standard InChI is InChI=1S/C12H13BrN2O/c13-10-3-8(6-14)4-11(5-10)15-7-12(16)9-1-2-9/h3-5,9,12,15-16H,1-2,7H2. The summed E-state index contributed by atoms with van der Waals surface area (Å²) in [5, 5.41) is 21.7. The minimum Gasteiger partial charge on any atom is -0.391 e. The summed E-state index contributed by atoms with van der Waals surface area (Å²) in [7, 11) is 0. The van der Waals surface area contributed by atoms with Crippen LogP contribution in [0.1, 0.15) is 18.4 Å². The maximum atomic E-state index is 9.71. The third-order valence-corrected chi connectivity index (χ3v) is 3.17. The van der Waals surface area contributed by atoms with Gasteiger partial charge in [0.05, 0.1) is 17.7 Å². The van der Waals surface area contributed by atoms with Crippen LogP contribution < -0.4 is 5.32 Å². The highest BCUT2D eigenvalue weighted by Crippen LogP contribution is 2.32. The predicted octanol–water partition coefficient (Wildman–Crippen LogP) is 2.50. The van der Waals surface area contributed by atoms with E-state index in [-0.39, 0.29) is 6.10 Å². The number of aliphatic hydroxyl groups is 1. The average molecular weight is 281 g/mol. The second-order valence-corrected chi connectivity index (χ2v) is 5.04. The summed E-state index contributed by atoms with van der Waals surface area (Å²) in [6, 6.07) is 7.55. The van der Waals surface area contributed by atoms with Crippen LogP contribution in [0.4, 0.5) is 5.69 Å². The number of benzene rings is 1. The van der Waals surface area contributed by atoms with E-state index in [9.17, 15) is 5.11 Å². The van der Waals surface area contributed by atoms with E-state index < -0.39 is 0 Å². The van der Waals surface area contributed by atoms with E-state index in [1.807, 2.05) is 6.07 Å². The van der Waals surface area contributed by atoms with Gasteiger partial charge in [0.2, 0.25) is 0 Å². The van der Waals surface area contributed by atoms with Crippen molar-refractivity contribution < 1.29 is 5.11 Å². The van der Waals surface area contributed by atoms with Crippen LogP contribution in [0, 0.1) is 17.2 Å². The van der Waals surface area contributed by atoms with Crippen LogP contribution >= 0.6 is 15.9 Å². The Hall–Kier alpha value is -1.05. The lowest BCUT2D eigenvalue weighted by atomic mass is 10.2. The second-order valence-electron chi connectivity index (χ2n) is 4.13. The highest BCUT2D eigenvalue weighted by atomic mass is 79.9. The molecule has 0 aliphatic heterocycles. The highest BCUT2D eigenvalue weighted by molar-refractivity contribution is 9.10. The quantitative estimate of drug-likeness (QED) is 0.891. The molecule has 0 spiro atoms. The van der Waals surface area contributed by atoms with E-state index >= 15 is 0 Å². The van der Waals surface area contributed by atoms with Gasteiger partial charge in [-0.1, -0.05) is 15.9 Å². The Morgan fingerprint density at radius 2 is 2.25 bits per heavy atom. The van der Waals surface area contributed by atoms with Crippen LogP contribution in [0.5, 0.6) is 0 Å². The van der Waals surface area contributed by atoms with Gasteiger partial charge in [0, 0.05) is 16.7 Å². The topological polar surface area (TPSA) is 56.0 Å². The molecule has 4 heteroatoms. The number of nitrogens with zero attached hydrogens (tertiary/aromatic N) is 1. The Balaban J connectivity index is 1.98. The predicted molar refractivity (Wildman–Crippen MR) is 66.1 cm³/mol. The molecule has 1 unspecified atom stereocenters. The first-order valence-electron chi connectivity index (χ1n) is 5.31. The molecule has 16 heavy (non-hydrogen) atoms. The van der Waals surface area contributed by atoms with Crippen LogP contribution in [0.2, 0.25) is 0 Å². The molecule has 3 nitrogen and oxygen atoms in total. The molecule has 1 aliphatic carbocycles. The van der Waals surface area contributed by atoms with Crippen molar-refractivity contribution in [2.24, 2.45) is 5.92 Å². The normalized spacial score (nSPS) is 16.6. The Bertz CT molecular complexity index is 424. The van der Waals surface area contributed by atoms with Crippen molar-refractivity contribution >= 4 is 21.6 Å². The van der Waals surface area contributed by atoms with Gasteiger partial charge in [0.25, 0.3) is 0 Å². The molecular weight excluding hydrogens is 268 g/mol. The first kappa shape index (κ1) is 11.4. The largest absolute Gasteiger partial charge is 0.391 e. The van der Waals surface area contributed by atoms with Gasteiger partial charge in [-0.05, 0) is 37.0 Å². The van der Waals surface area contributed by atoms with Gasteiger partial charge < -0.3 is 10.4 Å². The van der Waals surface area contributed by atoms with Crippen LogP contribution in [-0.2, 0) is 0 Å². The average Bonchev–Trinajstić information content (AvgIpc) is 3.08. The Morgan fingerprint density at radius 3 is 2.88 bits per heavy atom. The number of rotatable bonds is 4. The Kier molecular flexibility index (Phi) is 3.47. The van der Waals surface area contributed by atoms with Crippen molar-refractivity contribution in [2.45, 2.75) is 18.9 Å². The van der Waals surface area contributed by atoms with E-state index in [0.717, 1.165) is 23.0 Å². The zero-order valence-electron chi connectivity index (χ0n) is 8.78. The molecule has 1 aromatic carbocycles. The first-order chi connectivity index (χ1) is 7.69. The van der Waals surface area contributed by atoms with Crippen LogP contribution in [-0.4, -0.2) is 17.8 Å². The number of nitrogens with one attached hydrogen (secondary N) is 1. The maximum absolute atomic E-state index is 9.71. The van der Waals surface area contributed by atoms with Crippen LogP contribution in [0.25, 0.3) is 0 Å². The highest BCUT2D eigenvalue weighted by Gasteiger charge is 2.29. The lowest BCUT2D eigenvalue weighted by Gasteiger charge is -2.12. The Morgan fingerprint density at radius 1 is 1.50 bits per heavy atom. The fourth-order valence-electron chi connectivity index (χ4n) is 1.63. The van der Waals surface area contributed by atoms with Gasteiger partial charge in [-0.25, -0.2) is 0 Å². The van der Waals surface area contributed by atoms with Crippen molar-refractivity contribution in [3.63, 3.8) is 0 Å².